The van der Waals surface area contributed by atoms with Crippen LogP contribution in [0.15, 0.2) is 60.8 Å². The highest BCUT2D eigenvalue weighted by atomic mass is 19.1. The fraction of sp³-hybridized carbons (Fsp3) is 0.143. The summed E-state index contributed by atoms with van der Waals surface area (Å²) in [5.41, 5.74) is 5.74. The number of hydrogen-bond acceptors (Lipinski definition) is 4. The van der Waals surface area contributed by atoms with Gasteiger partial charge in [-0.05, 0) is 42.3 Å². The molecule has 0 saturated heterocycles. The number of nitrogens with one attached hydrogen (secondary N) is 1. The van der Waals surface area contributed by atoms with E-state index in [0.29, 0.717) is 12.4 Å². The Kier molecular flexibility index (Phi) is 4.46. The van der Waals surface area contributed by atoms with Crippen LogP contribution in [0.2, 0.25) is 0 Å². The van der Waals surface area contributed by atoms with Gasteiger partial charge in [0.15, 0.2) is 5.65 Å². The SMILES string of the molecule is COc1ccc2nc(-c3ccc(C)c(NCc4ccc(F)cc4)c3)cn2n1. The Morgan fingerprint density at radius 3 is 2.67 bits per heavy atom. The maximum Gasteiger partial charge on any atom is 0.231 e. The summed E-state index contributed by atoms with van der Waals surface area (Å²) in [5, 5.41) is 7.77. The van der Waals surface area contributed by atoms with E-state index in [2.05, 4.69) is 27.5 Å². The predicted molar refractivity (Wildman–Crippen MR) is 103 cm³/mol. The maximum absolute atomic E-state index is 13.0. The first-order valence-corrected chi connectivity index (χ1v) is 8.62. The van der Waals surface area contributed by atoms with Crippen molar-refractivity contribution in [3.63, 3.8) is 0 Å². The highest BCUT2D eigenvalue weighted by molar-refractivity contribution is 5.69. The summed E-state index contributed by atoms with van der Waals surface area (Å²) in [4.78, 5) is 4.63. The highest BCUT2D eigenvalue weighted by Gasteiger charge is 2.08. The van der Waals surface area contributed by atoms with Crippen molar-refractivity contribution in [3.05, 3.63) is 77.7 Å². The van der Waals surface area contributed by atoms with Gasteiger partial charge in [0.2, 0.25) is 5.88 Å². The monoisotopic (exact) mass is 362 g/mol. The molecule has 136 valence electrons. The molecule has 6 heteroatoms. The van der Waals surface area contributed by atoms with Crippen LogP contribution < -0.4 is 10.1 Å². The Labute approximate surface area is 156 Å². The Hall–Kier alpha value is -3.41. The van der Waals surface area contributed by atoms with Gasteiger partial charge in [-0.2, -0.15) is 0 Å². The van der Waals surface area contributed by atoms with Crippen LogP contribution in [0.5, 0.6) is 5.88 Å². The molecule has 0 aliphatic heterocycles. The molecule has 1 N–H and O–H groups in total. The zero-order valence-corrected chi connectivity index (χ0v) is 15.1. The molecule has 0 aliphatic carbocycles. The average molecular weight is 362 g/mol. The largest absolute Gasteiger partial charge is 0.480 e. The van der Waals surface area contributed by atoms with Crippen LogP contribution in [0.25, 0.3) is 16.9 Å². The van der Waals surface area contributed by atoms with Crippen LogP contribution in [-0.4, -0.2) is 21.7 Å². The molecule has 0 unspecified atom stereocenters. The lowest BCUT2D eigenvalue weighted by atomic mass is 10.1. The third-order valence-corrected chi connectivity index (χ3v) is 4.43. The van der Waals surface area contributed by atoms with Crippen molar-refractivity contribution >= 4 is 11.3 Å². The molecule has 2 aromatic carbocycles. The lowest BCUT2D eigenvalue weighted by molar-refractivity contribution is 0.390. The Morgan fingerprint density at radius 1 is 1.07 bits per heavy atom. The third kappa shape index (κ3) is 3.60. The molecule has 4 aromatic rings. The van der Waals surface area contributed by atoms with E-state index in [1.165, 1.54) is 12.1 Å². The standard InChI is InChI=1S/C21H19FN4O/c1-14-3-6-16(11-18(14)23-12-15-4-7-17(22)8-5-15)19-13-26-20(24-19)9-10-21(25-26)27-2/h3-11,13,23H,12H2,1-2H3. The third-order valence-electron chi connectivity index (χ3n) is 4.43. The zero-order chi connectivity index (χ0) is 18.8. The van der Waals surface area contributed by atoms with Crippen molar-refractivity contribution in [2.24, 2.45) is 0 Å². The number of anilines is 1. The van der Waals surface area contributed by atoms with E-state index in [9.17, 15) is 4.39 Å². The first kappa shape index (κ1) is 17.0. The molecule has 0 bridgehead atoms. The summed E-state index contributed by atoms with van der Waals surface area (Å²) in [6.07, 6.45) is 1.88. The Bertz CT molecular complexity index is 1090. The number of rotatable bonds is 5. The van der Waals surface area contributed by atoms with Gasteiger partial charge >= 0.3 is 0 Å². The summed E-state index contributed by atoms with van der Waals surface area (Å²) in [6, 6.07) is 16.3. The van der Waals surface area contributed by atoms with Gasteiger partial charge in [-0.25, -0.2) is 13.9 Å². The fourth-order valence-electron chi connectivity index (χ4n) is 2.88. The second-order valence-electron chi connectivity index (χ2n) is 6.31. The molecule has 5 nitrogen and oxygen atoms in total. The predicted octanol–water partition coefficient (Wildman–Crippen LogP) is 4.46. The van der Waals surface area contributed by atoms with Gasteiger partial charge in [-0.3, -0.25) is 0 Å². The van der Waals surface area contributed by atoms with Crippen LogP contribution in [0.3, 0.4) is 0 Å². The van der Waals surface area contributed by atoms with Crippen LogP contribution >= 0.6 is 0 Å². The van der Waals surface area contributed by atoms with Crippen LogP contribution in [0.4, 0.5) is 10.1 Å². The van der Waals surface area contributed by atoms with E-state index < -0.39 is 0 Å². The number of hydrogen-bond donors (Lipinski definition) is 1. The normalized spacial score (nSPS) is 10.9. The van der Waals surface area contributed by atoms with Crippen LogP contribution in [0.1, 0.15) is 11.1 Å². The summed E-state index contributed by atoms with van der Waals surface area (Å²) in [6.45, 7) is 2.67. The Balaban J connectivity index is 1.60. The quantitative estimate of drug-likeness (QED) is 0.569. The van der Waals surface area contributed by atoms with E-state index >= 15 is 0 Å². The first-order chi connectivity index (χ1) is 13.1. The molecule has 0 saturated carbocycles. The minimum atomic E-state index is -0.228. The van der Waals surface area contributed by atoms with Crippen LogP contribution in [-0.2, 0) is 6.54 Å². The van der Waals surface area contributed by atoms with E-state index in [0.717, 1.165) is 33.7 Å². The van der Waals surface area contributed by atoms with E-state index in [1.54, 1.807) is 29.8 Å². The van der Waals surface area contributed by atoms with Gasteiger partial charge < -0.3 is 10.1 Å². The van der Waals surface area contributed by atoms with Gasteiger partial charge in [0, 0.05) is 23.9 Å². The van der Waals surface area contributed by atoms with Gasteiger partial charge in [-0.1, -0.05) is 24.3 Å². The first-order valence-electron chi connectivity index (χ1n) is 8.62. The molecular formula is C21H19FN4O. The van der Waals surface area contributed by atoms with E-state index in [4.69, 9.17) is 4.74 Å². The number of halogens is 1. The van der Waals surface area contributed by atoms with Gasteiger partial charge in [-0.15, -0.1) is 5.10 Å². The van der Waals surface area contributed by atoms with Crippen molar-refractivity contribution in [3.8, 4) is 17.1 Å². The van der Waals surface area contributed by atoms with Gasteiger partial charge in [0.25, 0.3) is 0 Å². The highest BCUT2D eigenvalue weighted by Crippen LogP contribution is 2.26. The molecule has 0 amide bonds. The molecule has 2 heterocycles. The van der Waals surface area contributed by atoms with Crippen molar-refractivity contribution in [1.29, 1.82) is 0 Å². The summed E-state index contributed by atoms with van der Waals surface area (Å²) >= 11 is 0. The topological polar surface area (TPSA) is 51.5 Å². The number of aromatic nitrogens is 3. The molecule has 0 radical (unpaired) electrons. The molecule has 2 aromatic heterocycles. The number of ether oxygens (including phenoxy) is 1. The zero-order valence-electron chi connectivity index (χ0n) is 15.1. The van der Waals surface area contributed by atoms with Crippen molar-refractivity contribution in [1.82, 2.24) is 14.6 Å². The average Bonchev–Trinajstić information content (AvgIpc) is 3.11. The lowest BCUT2D eigenvalue weighted by Crippen LogP contribution is -2.01. The minimum absolute atomic E-state index is 0.228. The number of fused-ring (bicyclic) bond motifs is 1. The molecule has 0 atom stereocenters. The van der Waals surface area contributed by atoms with E-state index in [-0.39, 0.29) is 5.82 Å². The molecule has 0 fully saturated rings. The lowest BCUT2D eigenvalue weighted by Gasteiger charge is -2.11. The summed E-state index contributed by atoms with van der Waals surface area (Å²) in [7, 11) is 1.59. The van der Waals surface area contributed by atoms with Crippen LogP contribution in [0, 0.1) is 12.7 Å². The summed E-state index contributed by atoms with van der Waals surface area (Å²) in [5.74, 6) is 0.311. The molecule has 0 spiro atoms. The Morgan fingerprint density at radius 2 is 1.89 bits per heavy atom. The number of methoxy groups -OCH3 is 1. The molecule has 27 heavy (non-hydrogen) atoms. The second-order valence-corrected chi connectivity index (χ2v) is 6.31. The van der Waals surface area contributed by atoms with Crippen molar-refractivity contribution in [2.45, 2.75) is 13.5 Å². The minimum Gasteiger partial charge on any atom is -0.480 e. The number of benzene rings is 2. The number of imidazole rings is 1. The number of aryl methyl sites for hydroxylation is 1. The van der Waals surface area contributed by atoms with E-state index in [1.807, 2.05) is 25.3 Å². The second kappa shape index (κ2) is 7.07. The van der Waals surface area contributed by atoms with Gasteiger partial charge in [0.05, 0.1) is 19.0 Å². The molecule has 0 aliphatic rings. The van der Waals surface area contributed by atoms with Gasteiger partial charge in [0.1, 0.15) is 5.82 Å². The van der Waals surface area contributed by atoms with Crippen molar-refractivity contribution < 1.29 is 9.13 Å². The molecular weight excluding hydrogens is 343 g/mol. The fourth-order valence-corrected chi connectivity index (χ4v) is 2.88. The maximum atomic E-state index is 13.0. The number of nitrogens with zero attached hydrogens (tertiary/aromatic N) is 3. The molecule has 4 rings (SSSR count). The smallest absolute Gasteiger partial charge is 0.231 e. The summed E-state index contributed by atoms with van der Waals surface area (Å²) < 4.78 is 19.9. The van der Waals surface area contributed by atoms with Crippen molar-refractivity contribution in [2.75, 3.05) is 12.4 Å².